The fourth-order valence-corrected chi connectivity index (χ4v) is 6.76. The molecule has 1 heterocycles. The molecule has 2 aromatic rings. The highest BCUT2D eigenvalue weighted by molar-refractivity contribution is 7.91. The minimum atomic E-state index is -3.54. The smallest absolute Gasteiger partial charge is 0.179 e. The van der Waals surface area contributed by atoms with Crippen LogP contribution in [0, 0.1) is 5.41 Å². The SMILES string of the molecule is CCCC[C@]1(CC)CS(=O)(=O)c2ccc(OC)cc2[C@H](c2ccccc2)C1O. The largest absolute Gasteiger partial charge is 0.497 e. The van der Waals surface area contributed by atoms with E-state index in [0.29, 0.717) is 29.1 Å². The number of hydrogen-bond acceptors (Lipinski definition) is 4. The second-order valence-electron chi connectivity index (χ2n) is 7.82. The second kappa shape index (κ2) is 8.26. The van der Waals surface area contributed by atoms with E-state index in [0.717, 1.165) is 18.4 Å². The average molecular weight is 403 g/mol. The van der Waals surface area contributed by atoms with Crippen LogP contribution in [0.3, 0.4) is 0 Å². The average Bonchev–Trinajstić information content (AvgIpc) is 2.78. The summed E-state index contributed by atoms with van der Waals surface area (Å²) in [6, 6.07) is 14.8. The van der Waals surface area contributed by atoms with Crippen molar-refractivity contribution in [2.75, 3.05) is 12.9 Å². The van der Waals surface area contributed by atoms with Gasteiger partial charge < -0.3 is 9.84 Å². The van der Waals surface area contributed by atoms with Crippen molar-refractivity contribution >= 4 is 9.84 Å². The molecule has 3 atom stereocenters. The van der Waals surface area contributed by atoms with Crippen LogP contribution in [0.25, 0.3) is 0 Å². The first kappa shape index (κ1) is 20.9. The standard InChI is InChI=1S/C23H30O4S/c1-4-6-14-23(5-2)16-28(25,26)20-13-12-18(27-3)15-19(20)21(22(23)24)17-10-8-7-9-11-17/h7-13,15,21-22,24H,4-6,14,16H2,1-3H3/t21-,22?,23+/m0/s1. The molecule has 4 nitrogen and oxygen atoms in total. The van der Waals surface area contributed by atoms with Gasteiger partial charge in [-0.15, -0.1) is 0 Å². The minimum Gasteiger partial charge on any atom is -0.497 e. The summed E-state index contributed by atoms with van der Waals surface area (Å²) in [5.74, 6) is 0.153. The van der Waals surface area contributed by atoms with Gasteiger partial charge in [0.2, 0.25) is 0 Å². The summed E-state index contributed by atoms with van der Waals surface area (Å²) in [4.78, 5) is 0.313. The predicted octanol–water partition coefficient (Wildman–Crippen LogP) is 4.56. The molecule has 0 spiro atoms. The lowest BCUT2D eigenvalue weighted by atomic mass is 9.69. The van der Waals surface area contributed by atoms with E-state index in [2.05, 4.69) is 6.92 Å². The van der Waals surface area contributed by atoms with E-state index in [1.807, 2.05) is 37.3 Å². The molecule has 0 aliphatic carbocycles. The van der Waals surface area contributed by atoms with Gasteiger partial charge in [0.1, 0.15) is 5.75 Å². The quantitative estimate of drug-likeness (QED) is 0.769. The third kappa shape index (κ3) is 3.70. The Morgan fingerprint density at radius 3 is 2.46 bits per heavy atom. The summed E-state index contributed by atoms with van der Waals surface area (Å²) in [6.45, 7) is 4.09. The maximum atomic E-state index is 13.4. The highest BCUT2D eigenvalue weighted by Gasteiger charge is 2.48. The normalized spacial score (nSPS) is 26.3. The van der Waals surface area contributed by atoms with Crippen LogP contribution in [0.5, 0.6) is 5.75 Å². The van der Waals surface area contributed by atoms with Crippen molar-refractivity contribution in [3.05, 3.63) is 59.7 Å². The molecule has 0 fully saturated rings. The first-order chi connectivity index (χ1) is 13.4. The van der Waals surface area contributed by atoms with Gasteiger partial charge in [-0.05, 0) is 42.2 Å². The van der Waals surface area contributed by atoms with Crippen LogP contribution >= 0.6 is 0 Å². The lowest BCUT2D eigenvalue weighted by Gasteiger charge is -2.39. The molecule has 0 saturated heterocycles. The van der Waals surface area contributed by atoms with Crippen molar-refractivity contribution in [1.82, 2.24) is 0 Å². The lowest BCUT2D eigenvalue weighted by Crippen LogP contribution is -2.42. The van der Waals surface area contributed by atoms with Crippen LogP contribution < -0.4 is 4.74 Å². The van der Waals surface area contributed by atoms with Crippen LogP contribution in [0.1, 0.15) is 56.6 Å². The minimum absolute atomic E-state index is 0.0275. The van der Waals surface area contributed by atoms with E-state index in [1.165, 1.54) is 0 Å². The highest BCUT2D eigenvalue weighted by Crippen LogP contribution is 2.49. The lowest BCUT2D eigenvalue weighted by molar-refractivity contribution is 0.0174. The molecule has 0 radical (unpaired) electrons. The maximum absolute atomic E-state index is 13.4. The molecule has 1 unspecified atom stereocenters. The molecule has 5 heteroatoms. The predicted molar refractivity (Wildman–Crippen MR) is 112 cm³/mol. The van der Waals surface area contributed by atoms with Gasteiger partial charge in [-0.3, -0.25) is 0 Å². The number of unbranched alkanes of at least 4 members (excludes halogenated alkanes) is 1. The molecule has 0 amide bonds. The van der Waals surface area contributed by atoms with E-state index in [1.54, 1.807) is 25.3 Å². The van der Waals surface area contributed by atoms with Crippen LogP contribution in [-0.4, -0.2) is 32.5 Å². The topological polar surface area (TPSA) is 63.6 Å². The Hall–Kier alpha value is -1.85. The van der Waals surface area contributed by atoms with E-state index in [-0.39, 0.29) is 5.75 Å². The van der Waals surface area contributed by atoms with Gasteiger partial charge in [0.25, 0.3) is 0 Å². The maximum Gasteiger partial charge on any atom is 0.179 e. The number of sulfone groups is 1. The number of fused-ring (bicyclic) bond motifs is 1. The summed E-state index contributed by atoms with van der Waals surface area (Å²) in [6.07, 6.45) is 2.36. The Balaban J connectivity index is 2.29. The summed E-state index contributed by atoms with van der Waals surface area (Å²) in [5.41, 5.74) is 0.877. The molecule has 0 saturated carbocycles. The van der Waals surface area contributed by atoms with Gasteiger partial charge >= 0.3 is 0 Å². The third-order valence-corrected chi connectivity index (χ3v) is 8.20. The summed E-state index contributed by atoms with van der Waals surface area (Å²) < 4.78 is 32.2. The number of aliphatic hydroxyl groups is 1. The second-order valence-corrected chi connectivity index (χ2v) is 9.77. The Kier molecular flexibility index (Phi) is 6.15. The van der Waals surface area contributed by atoms with Crippen molar-refractivity contribution in [1.29, 1.82) is 0 Å². The number of aliphatic hydroxyl groups excluding tert-OH is 1. The number of methoxy groups -OCH3 is 1. The fraction of sp³-hybridized carbons (Fsp3) is 0.478. The van der Waals surface area contributed by atoms with E-state index < -0.39 is 27.3 Å². The van der Waals surface area contributed by atoms with Crippen molar-refractivity contribution in [2.24, 2.45) is 5.41 Å². The van der Waals surface area contributed by atoms with Crippen LogP contribution in [0.4, 0.5) is 0 Å². The Morgan fingerprint density at radius 1 is 1.14 bits per heavy atom. The molecular weight excluding hydrogens is 372 g/mol. The summed E-state index contributed by atoms with van der Waals surface area (Å²) >= 11 is 0. The molecule has 0 aromatic heterocycles. The molecule has 2 aromatic carbocycles. The third-order valence-electron chi connectivity index (χ3n) is 6.20. The van der Waals surface area contributed by atoms with Gasteiger partial charge in [0, 0.05) is 11.3 Å². The zero-order valence-electron chi connectivity index (χ0n) is 16.9. The molecule has 152 valence electrons. The van der Waals surface area contributed by atoms with Crippen molar-refractivity contribution in [3.63, 3.8) is 0 Å². The number of hydrogen-bond donors (Lipinski definition) is 1. The van der Waals surface area contributed by atoms with Gasteiger partial charge in [0.05, 0.1) is 23.9 Å². The van der Waals surface area contributed by atoms with Gasteiger partial charge in [-0.1, -0.05) is 57.0 Å². The first-order valence-electron chi connectivity index (χ1n) is 10.0. The van der Waals surface area contributed by atoms with E-state index in [4.69, 9.17) is 4.74 Å². The number of rotatable bonds is 6. The molecule has 3 rings (SSSR count). The zero-order chi connectivity index (χ0) is 20.4. The highest BCUT2D eigenvalue weighted by atomic mass is 32.2. The Morgan fingerprint density at radius 2 is 1.86 bits per heavy atom. The van der Waals surface area contributed by atoms with Gasteiger partial charge in [-0.25, -0.2) is 8.42 Å². The number of benzene rings is 2. The Labute approximate surface area is 168 Å². The molecular formula is C23H30O4S. The molecule has 1 aliphatic rings. The van der Waals surface area contributed by atoms with Crippen LogP contribution in [0.15, 0.2) is 53.4 Å². The summed E-state index contributed by atoms with van der Waals surface area (Å²) in [5, 5.41) is 11.7. The molecule has 1 N–H and O–H groups in total. The number of ether oxygens (including phenoxy) is 1. The van der Waals surface area contributed by atoms with Crippen LogP contribution in [-0.2, 0) is 9.84 Å². The Bertz CT molecular complexity index is 907. The first-order valence-corrected chi connectivity index (χ1v) is 11.7. The van der Waals surface area contributed by atoms with E-state index in [9.17, 15) is 13.5 Å². The van der Waals surface area contributed by atoms with Crippen molar-refractivity contribution in [2.45, 2.75) is 56.4 Å². The molecule has 0 bridgehead atoms. The monoisotopic (exact) mass is 402 g/mol. The fourth-order valence-electron chi connectivity index (χ4n) is 4.50. The molecule has 28 heavy (non-hydrogen) atoms. The van der Waals surface area contributed by atoms with Crippen molar-refractivity contribution in [3.8, 4) is 5.75 Å². The van der Waals surface area contributed by atoms with E-state index >= 15 is 0 Å². The summed E-state index contributed by atoms with van der Waals surface area (Å²) in [7, 11) is -1.98. The zero-order valence-corrected chi connectivity index (χ0v) is 17.7. The van der Waals surface area contributed by atoms with Gasteiger partial charge in [-0.2, -0.15) is 0 Å². The van der Waals surface area contributed by atoms with Crippen molar-refractivity contribution < 1.29 is 18.3 Å². The van der Waals surface area contributed by atoms with Gasteiger partial charge in [0.15, 0.2) is 9.84 Å². The molecule has 1 aliphatic heterocycles. The van der Waals surface area contributed by atoms with Crippen LogP contribution in [0.2, 0.25) is 0 Å².